The van der Waals surface area contributed by atoms with Crippen molar-refractivity contribution < 1.29 is 10.2 Å². The van der Waals surface area contributed by atoms with Gasteiger partial charge in [-0.25, -0.2) is 0 Å². The number of halogens is 3. The van der Waals surface area contributed by atoms with Gasteiger partial charge in [0.2, 0.25) is 0 Å². The summed E-state index contributed by atoms with van der Waals surface area (Å²) in [5, 5.41) is 20.6. The smallest absolute Gasteiger partial charge is 0.105 e. The molecule has 0 saturated carbocycles. The highest BCUT2D eigenvalue weighted by Crippen LogP contribution is 2.28. The number of aliphatic hydroxyl groups excluding tert-OH is 2. The Kier molecular flexibility index (Phi) is 5.57. The van der Waals surface area contributed by atoms with Gasteiger partial charge in [-0.3, -0.25) is 0 Å². The minimum absolute atomic E-state index is 0.501. The van der Waals surface area contributed by atoms with Gasteiger partial charge in [0.15, 0.2) is 0 Å². The zero-order chi connectivity index (χ0) is 11.4. The maximum atomic E-state index is 9.80. The van der Waals surface area contributed by atoms with Crippen molar-refractivity contribution in [3.8, 4) is 0 Å². The fraction of sp³-hybridized carbons (Fsp3) is 0.400. The Morgan fingerprint density at radius 1 is 1.33 bits per heavy atom. The Hall–Kier alpha value is 0.390. The van der Waals surface area contributed by atoms with Crippen LogP contribution in [-0.2, 0) is 0 Å². The van der Waals surface area contributed by atoms with Crippen molar-refractivity contribution in [3.05, 3.63) is 33.3 Å². The Balaban J connectivity index is 2.81. The predicted molar refractivity (Wildman–Crippen MR) is 68.5 cm³/mol. The minimum atomic E-state index is -0.879. The molecule has 1 aromatic carbocycles. The van der Waals surface area contributed by atoms with Gasteiger partial charge in [-0.1, -0.05) is 33.6 Å². The van der Waals surface area contributed by atoms with Gasteiger partial charge < -0.3 is 10.2 Å². The van der Waals surface area contributed by atoms with Gasteiger partial charge in [0.1, 0.15) is 6.10 Å². The molecule has 15 heavy (non-hydrogen) atoms. The lowest BCUT2D eigenvalue weighted by molar-refractivity contribution is 0.0173. The van der Waals surface area contributed by atoms with Crippen LogP contribution >= 0.6 is 43.5 Å². The molecular formula is C10H11Br2ClO2. The van der Waals surface area contributed by atoms with Crippen LogP contribution in [0, 0.1) is 0 Å². The van der Waals surface area contributed by atoms with E-state index in [1.54, 1.807) is 18.2 Å². The van der Waals surface area contributed by atoms with Crippen LogP contribution in [0.2, 0.25) is 5.02 Å². The second-order valence-electron chi connectivity index (χ2n) is 3.16. The molecular weight excluding hydrogens is 347 g/mol. The SMILES string of the molecule is OC(CCBr)C(O)c1ccc(Cl)c(Br)c1. The van der Waals surface area contributed by atoms with Crippen LogP contribution < -0.4 is 0 Å². The molecule has 2 atom stereocenters. The first kappa shape index (κ1) is 13.5. The minimum Gasteiger partial charge on any atom is -0.390 e. The lowest BCUT2D eigenvalue weighted by Gasteiger charge is -2.17. The van der Waals surface area contributed by atoms with Gasteiger partial charge in [-0.15, -0.1) is 0 Å². The highest BCUT2D eigenvalue weighted by Gasteiger charge is 2.18. The Labute approximate surface area is 111 Å². The molecule has 0 aliphatic rings. The molecule has 84 valence electrons. The second-order valence-corrected chi connectivity index (χ2v) is 5.22. The summed E-state index contributed by atoms with van der Waals surface area (Å²) in [6.07, 6.45) is -1.14. The summed E-state index contributed by atoms with van der Waals surface area (Å²) in [5.41, 5.74) is 0.653. The average molecular weight is 358 g/mol. The summed E-state index contributed by atoms with van der Waals surface area (Å²) in [5.74, 6) is 0. The van der Waals surface area contributed by atoms with Crippen LogP contribution in [0.3, 0.4) is 0 Å². The maximum absolute atomic E-state index is 9.80. The second kappa shape index (κ2) is 6.21. The van der Waals surface area contributed by atoms with Gasteiger partial charge in [-0.2, -0.15) is 0 Å². The summed E-state index contributed by atoms with van der Waals surface area (Å²) in [7, 11) is 0. The summed E-state index contributed by atoms with van der Waals surface area (Å²) in [4.78, 5) is 0. The van der Waals surface area contributed by atoms with E-state index in [4.69, 9.17) is 11.6 Å². The van der Waals surface area contributed by atoms with Gasteiger partial charge in [0.25, 0.3) is 0 Å². The molecule has 5 heteroatoms. The molecule has 0 aliphatic carbocycles. The average Bonchev–Trinajstić information content (AvgIpc) is 2.21. The molecule has 0 radical (unpaired) electrons. The molecule has 2 nitrogen and oxygen atoms in total. The van der Waals surface area contributed by atoms with Crippen molar-refractivity contribution in [2.45, 2.75) is 18.6 Å². The van der Waals surface area contributed by atoms with E-state index in [-0.39, 0.29) is 0 Å². The van der Waals surface area contributed by atoms with Crippen LogP contribution in [-0.4, -0.2) is 21.6 Å². The Morgan fingerprint density at radius 3 is 2.53 bits per heavy atom. The van der Waals surface area contributed by atoms with E-state index in [1.165, 1.54) is 0 Å². The maximum Gasteiger partial charge on any atom is 0.105 e. The molecule has 0 aromatic heterocycles. The zero-order valence-corrected chi connectivity index (χ0v) is 11.8. The number of hydrogen-bond donors (Lipinski definition) is 2. The van der Waals surface area contributed by atoms with Gasteiger partial charge >= 0.3 is 0 Å². The summed E-state index contributed by atoms with van der Waals surface area (Å²) < 4.78 is 0.715. The fourth-order valence-corrected chi connectivity index (χ4v) is 2.17. The van der Waals surface area contributed by atoms with Crippen molar-refractivity contribution in [2.75, 3.05) is 5.33 Å². The first-order chi connectivity index (χ1) is 7.06. The van der Waals surface area contributed by atoms with Crippen LogP contribution in [0.5, 0.6) is 0 Å². The zero-order valence-electron chi connectivity index (χ0n) is 7.83. The lowest BCUT2D eigenvalue weighted by Crippen LogP contribution is -2.18. The van der Waals surface area contributed by atoms with E-state index in [0.717, 1.165) is 0 Å². The highest BCUT2D eigenvalue weighted by atomic mass is 79.9. The molecule has 2 N–H and O–H groups in total. The fourth-order valence-electron chi connectivity index (χ4n) is 1.19. The first-order valence-electron chi connectivity index (χ1n) is 4.43. The molecule has 0 bridgehead atoms. The number of hydrogen-bond acceptors (Lipinski definition) is 2. The molecule has 0 amide bonds. The van der Waals surface area contributed by atoms with E-state index in [0.29, 0.717) is 26.8 Å². The van der Waals surface area contributed by atoms with Gasteiger partial charge in [0, 0.05) is 9.80 Å². The first-order valence-corrected chi connectivity index (χ1v) is 6.72. The summed E-state index contributed by atoms with van der Waals surface area (Å²) in [6.45, 7) is 0. The molecule has 0 heterocycles. The normalized spacial score (nSPS) is 15.0. The third-order valence-corrected chi connectivity index (χ3v) is 3.73. The Bertz CT molecular complexity index is 333. The third kappa shape index (κ3) is 3.71. The van der Waals surface area contributed by atoms with E-state index in [2.05, 4.69) is 31.9 Å². The molecule has 1 rings (SSSR count). The number of benzene rings is 1. The van der Waals surface area contributed by atoms with Gasteiger partial charge in [-0.05, 0) is 40.0 Å². The highest BCUT2D eigenvalue weighted by molar-refractivity contribution is 9.10. The molecule has 0 aliphatic heterocycles. The van der Waals surface area contributed by atoms with Crippen molar-refractivity contribution in [3.63, 3.8) is 0 Å². The summed E-state index contributed by atoms with van der Waals surface area (Å²) >= 11 is 12.3. The van der Waals surface area contributed by atoms with Gasteiger partial charge in [0.05, 0.1) is 11.1 Å². The van der Waals surface area contributed by atoms with Crippen molar-refractivity contribution in [1.29, 1.82) is 0 Å². The van der Waals surface area contributed by atoms with E-state index >= 15 is 0 Å². The van der Waals surface area contributed by atoms with E-state index in [9.17, 15) is 10.2 Å². The van der Waals surface area contributed by atoms with Crippen LogP contribution in [0.4, 0.5) is 0 Å². The van der Waals surface area contributed by atoms with Crippen LogP contribution in [0.15, 0.2) is 22.7 Å². The van der Waals surface area contributed by atoms with Crippen molar-refractivity contribution in [1.82, 2.24) is 0 Å². The predicted octanol–water partition coefficient (Wildman–Crippen LogP) is 3.28. The Morgan fingerprint density at radius 2 is 2.00 bits per heavy atom. The van der Waals surface area contributed by atoms with E-state index in [1.807, 2.05) is 0 Å². The number of alkyl halides is 1. The van der Waals surface area contributed by atoms with Crippen LogP contribution in [0.1, 0.15) is 18.1 Å². The number of rotatable bonds is 4. The largest absolute Gasteiger partial charge is 0.390 e. The molecule has 1 aromatic rings. The lowest BCUT2D eigenvalue weighted by atomic mass is 10.0. The molecule has 0 spiro atoms. The molecule has 2 unspecified atom stereocenters. The molecule has 0 fully saturated rings. The standard InChI is InChI=1S/C10H11Br2ClO2/c11-4-3-9(14)10(15)6-1-2-8(13)7(12)5-6/h1-2,5,9-10,14-15H,3-4H2. The van der Waals surface area contributed by atoms with Crippen molar-refractivity contribution >= 4 is 43.5 Å². The van der Waals surface area contributed by atoms with E-state index < -0.39 is 12.2 Å². The number of aliphatic hydroxyl groups is 2. The summed E-state index contributed by atoms with van der Waals surface area (Å²) in [6, 6.07) is 5.10. The monoisotopic (exact) mass is 356 g/mol. The topological polar surface area (TPSA) is 40.5 Å². The molecule has 0 saturated heterocycles. The quantitative estimate of drug-likeness (QED) is 0.811. The third-order valence-electron chi connectivity index (χ3n) is 2.05. The van der Waals surface area contributed by atoms with Crippen LogP contribution in [0.25, 0.3) is 0 Å². The van der Waals surface area contributed by atoms with Crippen molar-refractivity contribution in [2.24, 2.45) is 0 Å².